The van der Waals surface area contributed by atoms with Crippen LogP contribution in [-0.4, -0.2) is 23.0 Å². The van der Waals surface area contributed by atoms with Gasteiger partial charge in [0, 0.05) is 16.7 Å². The number of nitrogens with zero attached hydrogens (tertiary/aromatic N) is 1. The van der Waals surface area contributed by atoms with Crippen molar-refractivity contribution in [3.8, 4) is 17.1 Å². The number of aromatic amines is 1. The Kier molecular flexibility index (Phi) is 5.31. The lowest BCUT2D eigenvalue weighted by Crippen LogP contribution is -2.09. The maximum Gasteiger partial charge on any atom is 0.248 e. The van der Waals surface area contributed by atoms with Gasteiger partial charge in [-0.3, -0.25) is 4.79 Å². The fourth-order valence-corrected chi connectivity index (χ4v) is 3.09. The molecule has 1 amide bonds. The van der Waals surface area contributed by atoms with Gasteiger partial charge in [-0.1, -0.05) is 35.9 Å². The van der Waals surface area contributed by atoms with Crippen molar-refractivity contribution in [3.63, 3.8) is 0 Å². The van der Waals surface area contributed by atoms with Crippen molar-refractivity contribution in [2.75, 3.05) is 12.4 Å². The van der Waals surface area contributed by atoms with E-state index in [4.69, 9.17) is 16.3 Å². The average Bonchev–Trinajstić information content (AvgIpc) is 3.17. The third-order valence-electron chi connectivity index (χ3n) is 4.42. The number of hydrogen-bond acceptors (Lipinski definition) is 3. The highest BCUT2D eigenvalue weighted by molar-refractivity contribution is 6.30. The summed E-state index contributed by atoms with van der Waals surface area (Å²) in [6, 6.07) is 20.6. The van der Waals surface area contributed by atoms with Crippen molar-refractivity contribution >= 4 is 40.3 Å². The summed E-state index contributed by atoms with van der Waals surface area (Å²) in [6.07, 6.45) is 3.19. The summed E-state index contributed by atoms with van der Waals surface area (Å²) in [5.41, 5.74) is 4.13. The molecule has 0 saturated carbocycles. The van der Waals surface area contributed by atoms with Crippen molar-refractivity contribution in [2.24, 2.45) is 0 Å². The van der Waals surface area contributed by atoms with Crippen LogP contribution >= 0.6 is 11.6 Å². The minimum absolute atomic E-state index is 0.264. The minimum atomic E-state index is -0.264. The maximum absolute atomic E-state index is 12.4. The number of aromatic nitrogens is 2. The molecule has 5 nitrogen and oxygen atoms in total. The lowest BCUT2D eigenvalue weighted by molar-refractivity contribution is -0.111. The highest BCUT2D eigenvalue weighted by atomic mass is 35.5. The number of halogens is 1. The van der Waals surface area contributed by atoms with Crippen LogP contribution in [0.3, 0.4) is 0 Å². The molecule has 0 radical (unpaired) electrons. The van der Waals surface area contributed by atoms with Gasteiger partial charge in [-0.25, -0.2) is 4.98 Å². The average molecular weight is 404 g/mol. The van der Waals surface area contributed by atoms with Gasteiger partial charge in [-0.2, -0.15) is 0 Å². The lowest BCUT2D eigenvalue weighted by Gasteiger charge is -2.10. The quantitative estimate of drug-likeness (QED) is 0.430. The molecule has 2 N–H and O–H groups in total. The van der Waals surface area contributed by atoms with E-state index < -0.39 is 0 Å². The zero-order valence-corrected chi connectivity index (χ0v) is 16.4. The largest absolute Gasteiger partial charge is 0.495 e. The van der Waals surface area contributed by atoms with Gasteiger partial charge in [-0.05, 0) is 54.1 Å². The van der Waals surface area contributed by atoms with Crippen LogP contribution in [0.4, 0.5) is 5.69 Å². The molecule has 29 heavy (non-hydrogen) atoms. The molecule has 144 valence electrons. The first-order valence-corrected chi connectivity index (χ1v) is 9.38. The van der Waals surface area contributed by atoms with E-state index in [9.17, 15) is 4.79 Å². The van der Waals surface area contributed by atoms with Crippen LogP contribution in [-0.2, 0) is 4.79 Å². The van der Waals surface area contributed by atoms with Crippen molar-refractivity contribution in [1.29, 1.82) is 0 Å². The van der Waals surface area contributed by atoms with E-state index in [0.29, 0.717) is 16.5 Å². The van der Waals surface area contributed by atoms with Crippen LogP contribution < -0.4 is 10.1 Å². The molecule has 1 heterocycles. The number of nitrogens with one attached hydrogen (secondary N) is 2. The maximum atomic E-state index is 12.4. The van der Waals surface area contributed by atoms with Crippen LogP contribution in [0.5, 0.6) is 5.75 Å². The Morgan fingerprint density at radius 2 is 1.90 bits per heavy atom. The number of ether oxygens (including phenoxy) is 1. The van der Waals surface area contributed by atoms with Gasteiger partial charge in [0.1, 0.15) is 11.6 Å². The Labute approximate surface area is 173 Å². The first-order chi connectivity index (χ1) is 14.1. The molecule has 4 aromatic rings. The first-order valence-electron chi connectivity index (χ1n) is 9.00. The fourth-order valence-electron chi connectivity index (χ4n) is 2.96. The van der Waals surface area contributed by atoms with E-state index >= 15 is 0 Å². The second-order valence-electron chi connectivity index (χ2n) is 6.39. The van der Waals surface area contributed by atoms with Crippen LogP contribution in [0.2, 0.25) is 5.02 Å². The number of methoxy groups -OCH3 is 1. The van der Waals surface area contributed by atoms with Gasteiger partial charge >= 0.3 is 0 Å². The van der Waals surface area contributed by atoms with Crippen LogP contribution in [0.15, 0.2) is 72.8 Å². The molecular weight excluding hydrogens is 386 g/mol. The topological polar surface area (TPSA) is 67.0 Å². The summed E-state index contributed by atoms with van der Waals surface area (Å²) in [5.74, 6) is 1.03. The van der Waals surface area contributed by atoms with Gasteiger partial charge in [0.25, 0.3) is 0 Å². The molecule has 4 rings (SSSR count). The summed E-state index contributed by atoms with van der Waals surface area (Å²) < 4.78 is 5.39. The molecule has 6 heteroatoms. The Bertz CT molecular complexity index is 1160. The van der Waals surface area contributed by atoms with Gasteiger partial charge < -0.3 is 15.0 Å². The van der Waals surface area contributed by atoms with E-state index in [-0.39, 0.29) is 5.91 Å². The SMILES string of the molecule is COc1ccc(-c2nc3ccccc3[nH]2)cc1NC(=O)/C=C/c1ccc(Cl)cc1. The molecule has 0 spiro atoms. The Morgan fingerprint density at radius 1 is 1.10 bits per heavy atom. The Morgan fingerprint density at radius 3 is 2.66 bits per heavy atom. The summed E-state index contributed by atoms with van der Waals surface area (Å²) in [7, 11) is 1.56. The molecule has 0 aliphatic rings. The molecule has 0 aliphatic carbocycles. The van der Waals surface area contributed by atoms with E-state index in [1.54, 1.807) is 31.4 Å². The number of H-pyrrole nitrogens is 1. The van der Waals surface area contributed by atoms with Gasteiger partial charge in [0.05, 0.1) is 23.8 Å². The molecular formula is C23H18ClN3O2. The standard InChI is InChI=1S/C23H18ClN3O2/c1-29-21-12-9-16(23-26-18-4-2-3-5-19(18)27-23)14-20(21)25-22(28)13-8-15-6-10-17(24)11-7-15/h2-14H,1H3,(H,25,28)(H,26,27)/b13-8+. The van der Waals surface area contributed by atoms with Crippen molar-refractivity contribution in [2.45, 2.75) is 0 Å². The zero-order chi connectivity index (χ0) is 20.2. The number of hydrogen-bond donors (Lipinski definition) is 2. The summed E-state index contributed by atoms with van der Waals surface area (Å²) in [6.45, 7) is 0. The lowest BCUT2D eigenvalue weighted by atomic mass is 10.1. The third kappa shape index (κ3) is 4.31. The summed E-state index contributed by atoms with van der Waals surface area (Å²) in [4.78, 5) is 20.3. The smallest absolute Gasteiger partial charge is 0.248 e. The number of rotatable bonds is 5. The first kappa shape index (κ1) is 18.8. The molecule has 1 aromatic heterocycles. The highest BCUT2D eigenvalue weighted by Crippen LogP contribution is 2.30. The van der Waals surface area contributed by atoms with E-state index in [2.05, 4.69) is 15.3 Å². The van der Waals surface area contributed by atoms with Crippen molar-refractivity contribution < 1.29 is 9.53 Å². The number of carbonyl (C=O) groups excluding carboxylic acids is 1. The van der Waals surface area contributed by atoms with E-state index in [1.807, 2.05) is 48.5 Å². The molecule has 0 fully saturated rings. The minimum Gasteiger partial charge on any atom is -0.495 e. The van der Waals surface area contributed by atoms with Crippen molar-refractivity contribution in [1.82, 2.24) is 9.97 Å². The molecule has 3 aromatic carbocycles. The number of imidazole rings is 1. The Hall–Kier alpha value is -3.57. The van der Waals surface area contributed by atoms with Crippen LogP contribution in [0.1, 0.15) is 5.56 Å². The normalized spacial score (nSPS) is 11.1. The molecule has 0 bridgehead atoms. The molecule has 0 atom stereocenters. The second kappa shape index (κ2) is 8.20. The molecule has 0 aliphatic heterocycles. The number of benzene rings is 3. The molecule has 0 saturated heterocycles. The summed E-state index contributed by atoms with van der Waals surface area (Å²) in [5, 5.41) is 3.52. The monoisotopic (exact) mass is 403 g/mol. The zero-order valence-electron chi connectivity index (χ0n) is 15.6. The van der Waals surface area contributed by atoms with Crippen LogP contribution in [0.25, 0.3) is 28.5 Å². The van der Waals surface area contributed by atoms with E-state index in [0.717, 1.165) is 28.0 Å². The van der Waals surface area contributed by atoms with Crippen LogP contribution in [0, 0.1) is 0 Å². The fraction of sp³-hybridized carbons (Fsp3) is 0.0435. The van der Waals surface area contributed by atoms with Gasteiger partial charge in [0.2, 0.25) is 5.91 Å². The summed E-state index contributed by atoms with van der Waals surface area (Å²) >= 11 is 5.88. The van der Waals surface area contributed by atoms with Gasteiger partial charge in [0.15, 0.2) is 0 Å². The number of fused-ring (bicyclic) bond motifs is 1. The Balaban J connectivity index is 1.58. The predicted molar refractivity (Wildman–Crippen MR) is 117 cm³/mol. The second-order valence-corrected chi connectivity index (χ2v) is 6.83. The number of para-hydroxylation sites is 2. The third-order valence-corrected chi connectivity index (χ3v) is 4.67. The number of amides is 1. The van der Waals surface area contributed by atoms with E-state index in [1.165, 1.54) is 6.08 Å². The van der Waals surface area contributed by atoms with Gasteiger partial charge in [-0.15, -0.1) is 0 Å². The predicted octanol–water partition coefficient (Wildman–Crippen LogP) is 5.54. The number of anilines is 1. The molecule has 0 unspecified atom stereocenters. The number of carbonyl (C=O) groups is 1. The van der Waals surface area contributed by atoms with Crippen molar-refractivity contribution in [3.05, 3.63) is 83.4 Å². The highest BCUT2D eigenvalue weighted by Gasteiger charge is 2.11.